The molecule has 1 unspecified atom stereocenters. The summed E-state index contributed by atoms with van der Waals surface area (Å²) in [6.45, 7) is 3.43. The van der Waals surface area contributed by atoms with Crippen molar-refractivity contribution in [2.24, 2.45) is 0 Å². The van der Waals surface area contributed by atoms with Crippen molar-refractivity contribution in [2.75, 3.05) is 40.9 Å². The first-order valence-electron chi connectivity index (χ1n) is 8.88. The maximum absolute atomic E-state index is 12.6. The van der Waals surface area contributed by atoms with Gasteiger partial charge in [0.2, 0.25) is 5.91 Å². The summed E-state index contributed by atoms with van der Waals surface area (Å²) in [5, 5.41) is 0.690. The Bertz CT molecular complexity index is 736. The first kappa shape index (κ1) is 21.1. The van der Waals surface area contributed by atoms with E-state index in [2.05, 4.69) is 0 Å². The Morgan fingerprint density at radius 1 is 1.07 bits per heavy atom. The van der Waals surface area contributed by atoms with Crippen LogP contribution >= 0.6 is 11.6 Å². The molecule has 2 aromatic rings. The van der Waals surface area contributed by atoms with Crippen molar-refractivity contribution >= 4 is 17.5 Å². The summed E-state index contributed by atoms with van der Waals surface area (Å²) in [5.74, 6) is 1.46. The fourth-order valence-electron chi connectivity index (χ4n) is 2.65. The largest absolute Gasteiger partial charge is 0.493 e. The minimum absolute atomic E-state index is 0.0204. The molecule has 0 saturated heterocycles. The van der Waals surface area contributed by atoms with Crippen molar-refractivity contribution in [1.82, 2.24) is 9.80 Å². The van der Waals surface area contributed by atoms with Crippen LogP contribution in [-0.4, -0.2) is 56.6 Å². The average molecular weight is 391 g/mol. The molecular weight excluding hydrogens is 364 g/mol. The molecule has 0 saturated carbocycles. The van der Waals surface area contributed by atoms with Gasteiger partial charge in [-0.15, -0.1) is 0 Å². The van der Waals surface area contributed by atoms with Crippen LogP contribution in [0.3, 0.4) is 0 Å². The topological polar surface area (TPSA) is 42.0 Å². The zero-order valence-electron chi connectivity index (χ0n) is 16.3. The predicted octanol–water partition coefficient (Wildman–Crippen LogP) is 3.88. The van der Waals surface area contributed by atoms with Crippen LogP contribution in [-0.2, 0) is 4.79 Å². The lowest BCUT2D eigenvalue weighted by Crippen LogP contribution is -2.39. The van der Waals surface area contributed by atoms with Crippen LogP contribution in [0.2, 0.25) is 5.02 Å². The fourth-order valence-corrected chi connectivity index (χ4v) is 2.78. The maximum atomic E-state index is 12.6. The molecule has 0 radical (unpaired) electrons. The predicted molar refractivity (Wildman–Crippen MR) is 109 cm³/mol. The van der Waals surface area contributed by atoms with Crippen molar-refractivity contribution in [3.63, 3.8) is 0 Å². The Morgan fingerprint density at radius 2 is 1.70 bits per heavy atom. The average Bonchev–Trinajstić information content (AvgIpc) is 2.67. The minimum atomic E-state index is -0.0204. The third kappa shape index (κ3) is 6.15. The van der Waals surface area contributed by atoms with E-state index in [1.807, 2.05) is 74.4 Å². The summed E-state index contributed by atoms with van der Waals surface area (Å²) in [6, 6.07) is 15.1. The number of ether oxygens (including phenoxy) is 2. The van der Waals surface area contributed by atoms with Crippen LogP contribution in [0.5, 0.6) is 11.5 Å². The van der Waals surface area contributed by atoms with Gasteiger partial charge in [0, 0.05) is 18.6 Å². The lowest BCUT2D eigenvalue weighted by molar-refractivity contribution is -0.132. The van der Waals surface area contributed by atoms with Gasteiger partial charge in [-0.3, -0.25) is 9.69 Å². The van der Waals surface area contributed by atoms with Gasteiger partial charge in [-0.1, -0.05) is 35.9 Å². The van der Waals surface area contributed by atoms with E-state index in [0.717, 1.165) is 5.56 Å². The van der Waals surface area contributed by atoms with Crippen LogP contribution in [0.4, 0.5) is 0 Å². The molecule has 2 rings (SSSR count). The molecule has 0 aliphatic rings. The number of nitrogens with zero attached hydrogens (tertiary/aromatic N) is 2. The fraction of sp³-hybridized carbons (Fsp3) is 0.381. The number of carbonyl (C=O) groups is 1. The van der Waals surface area contributed by atoms with Crippen LogP contribution in [0.25, 0.3) is 0 Å². The summed E-state index contributed by atoms with van der Waals surface area (Å²) in [6.07, 6.45) is 0. The lowest BCUT2D eigenvalue weighted by Gasteiger charge is -2.27. The number of likely N-dealkylation sites (N-methyl/N-ethyl adjacent to an activating group) is 2. The molecule has 1 amide bonds. The van der Waals surface area contributed by atoms with E-state index in [4.69, 9.17) is 21.1 Å². The van der Waals surface area contributed by atoms with Crippen LogP contribution in [0.15, 0.2) is 48.5 Å². The minimum Gasteiger partial charge on any atom is -0.493 e. The first-order valence-corrected chi connectivity index (χ1v) is 9.25. The Labute approximate surface area is 166 Å². The van der Waals surface area contributed by atoms with Gasteiger partial charge < -0.3 is 14.4 Å². The third-order valence-corrected chi connectivity index (χ3v) is 4.78. The molecule has 1 atom stereocenters. The van der Waals surface area contributed by atoms with E-state index in [1.54, 1.807) is 12.0 Å². The molecule has 0 aliphatic heterocycles. The van der Waals surface area contributed by atoms with E-state index in [-0.39, 0.29) is 11.9 Å². The Balaban J connectivity index is 1.81. The number of rotatable bonds is 9. The van der Waals surface area contributed by atoms with Crippen molar-refractivity contribution in [1.29, 1.82) is 0 Å². The molecule has 0 bridgehead atoms. The van der Waals surface area contributed by atoms with E-state index in [9.17, 15) is 4.79 Å². The lowest BCUT2D eigenvalue weighted by atomic mass is 10.1. The molecule has 0 spiro atoms. The number of halogens is 1. The number of para-hydroxylation sites is 2. The van der Waals surface area contributed by atoms with Crippen molar-refractivity contribution < 1.29 is 14.3 Å². The third-order valence-electron chi connectivity index (χ3n) is 4.53. The molecule has 0 fully saturated rings. The molecule has 0 N–H and O–H groups in total. The van der Waals surface area contributed by atoms with Gasteiger partial charge in [0.25, 0.3) is 0 Å². The molecule has 0 heterocycles. The number of hydrogen-bond acceptors (Lipinski definition) is 4. The zero-order valence-corrected chi connectivity index (χ0v) is 17.1. The maximum Gasteiger partial charge on any atom is 0.236 e. The van der Waals surface area contributed by atoms with Gasteiger partial charge >= 0.3 is 0 Å². The van der Waals surface area contributed by atoms with Crippen molar-refractivity contribution in [3.8, 4) is 11.5 Å². The van der Waals surface area contributed by atoms with Gasteiger partial charge in [0.05, 0.1) is 19.7 Å². The van der Waals surface area contributed by atoms with E-state index >= 15 is 0 Å². The standard InChI is InChI=1S/C21H27ClN2O3/c1-16(17-9-11-18(22)12-10-17)24(3)21(25)15-23(2)13-14-27-20-8-6-5-7-19(20)26-4/h5-12,16H,13-15H2,1-4H3. The Hall–Kier alpha value is -2.24. The second-order valence-corrected chi connectivity index (χ2v) is 6.91. The molecular formula is C21H27ClN2O3. The van der Waals surface area contributed by atoms with Crippen molar-refractivity contribution in [2.45, 2.75) is 13.0 Å². The quantitative estimate of drug-likeness (QED) is 0.651. The van der Waals surface area contributed by atoms with E-state index in [1.165, 1.54) is 0 Å². The first-order chi connectivity index (χ1) is 12.9. The molecule has 6 heteroatoms. The summed E-state index contributed by atoms with van der Waals surface area (Å²) in [4.78, 5) is 16.3. The van der Waals surface area contributed by atoms with Crippen LogP contribution in [0.1, 0.15) is 18.5 Å². The molecule has 0 aromatic heterocycles. The molecule has 27 heavy (non-hydrogen) atoms. The van der Waals surface area contributed by atoms with Crippen LogP contribution in [0, 0.1) is 0 Å². The van der Waals surface area contributed by atoms with Gasteiger partial charge in [-0.2, -0.15) is 0 Å². The highest BCUT2D eigenvalue weighted by Gasteiger charge is 2.18. The normalized spacial score (nSPS) is 11.9. The summed E-state index contributed by atoms with van der Waals surface area (Å²) in [5.41, 5.74) is 1.05. The number of methoxy groups -OCH3 is 1. The van der Waals surface area contributed by atoms with E-state index in [0.29, 0.717) is 36.2 Å². The molecule has 2 aromatic carbocycles. The second kappa shape index (κ2) is 10.2. The van der Waals surface area contributed by atoms with Crippen molar-refractivity contribution in [3.05, 3.63) is 59.1 Å². The van der Waals surface area contributed by atoms with Gasteiger partial charge in [-0.05, 0) is 43.8 Å². The smallest absolute Gasteiger partial charge is 0.236 e. The number of hydrogen-bond donors (Lipinski definition) is 0. The molecule has 5 nitrogen and oxygen atoms in total. The number of carbonyl (C=O) groups excluding carboxylic acids is 1. The van der Waals surface area contributed by atoms with Gasteiger partial charge in [-0.25, -0.2) is 0 Å². The highest BCUT2D eigenvalue weighted by Crippen LogP contribution is 2.25. The number of benzene rings is 2. The summed E-state index contributed by atoms with van der Waals surface area (Å²) < 4.78 is 11.0. The second-order valence-electron chi connectivity index (χ2n) is 6.47. The van der Waals surface area contributed by atoms with Gasteiger partial charge in [0.1, 0.15) is 6.61 Å². The number of amides is 1. The Kier molecular flexibility index (Phi) is 7.95. The van der Waals surface area contributed by atoms with Gasteiger partial charge in [0.15, 0.2) is 11.5 Å². The molecule has 0 aliphatic carbocycles. The van der Waals surface area contributed by atoms with E-state index < -0.39 is 0 Å². The zero-order chi connectivity index (χ0) is 19.8. The summed E-state index contributed by atoms with van der Waals surface area (Å²) >= 11 is 5.93. The summed E-state index contributed by atoms with van der Waals surface area (Å²) in [7, 11) is 5.34. The highest BCUT2D eigenvalue weighted by atomic mass is 35.5. The Morgan fingerprint density at radius 3 is 2.33 bits per heavy atom. The van der Waals surface area contributed by atoms with Crippen LogP contribution < -0.4 is 9.47 Å². The monoisotopic (exact) mass is 390 g/mol. The SMILES string of the molecule is COc1ccccc1OCCN(C)CC(=O)N(C)C(C)c1ccc(Cl)cc1. The highest BCUT2D eigenvalue weighted by molar-refractivity contribution is 6.30. The molecule has 146 valence electrons.